The zero-order chi connectivity index (χ0) is 17.0. The summed E-state index contributed by atoms with van der Waals surface area (Å²) in [6.07, 6.45) is 1.46. The molecule has 2 rings (SSSR count). The van der Waals surface area contributed by atoms with E-state index in [0.29, 0.717) is 5.56 Å². The lowest BCUT2D eigenvalue weighted by atomic mass is 10.1. The van der Waals surface area contributed by atoms with Gasteiger partial charge in [0.2, 0.25) is 5.91 Å². The van der Waals surface area contributed by atoms with E-state index in [0.717, 1.165) is 16.8 Å². The van der Waals surface area contributed by atoms with Gasteiger partial charge in [0.15, 0.2) is 0 Å². The number of anilines is 1. The maximum absolute atomic E-state index is 12.3. The summed E-state index contributed by atoms with van der Waals surface area (Å²) >= 11 is 5.78. The van der Waals surface area contributed by atoms with Gasteiger partial charge in [-0.25, -0.2) is 4.98 Å². The molecule has 2 amide bonds. The van der Waals surface area contributed by atoms with Crippen molar-refractivity contribution >= 4 is 29.1 Å². The highest BCUT2D eigenvalue weighted by molar-refractivity contribution is 6.29. The molecule has 0 atom stereocenters. The maximum atomic E-state index is 12.3. The Kier molecular flexibility index (Phi) is 5.34. The highest BCUT2D eigenvalue weighted by atomic mass is 35.5. The smallest absolute Gasteiger partial charge is 0.254 e. The number of carbonyl (C=O) groups is 2. The fraction of sp³-hybridized carbons (Fsp3) is 0.235. The van der Waals surface area contributed by atoms with E-state index >= 15 is 0 Å². The van der Waals surface area contributed by atoms with Crippen molar-refractivity contribution in [2.75, 3.05) is 18.9 Å². The van der Waals surface area contributed by atoms with Crippen LogP contribution in [0.15, 0.2) is 36.5 Å². The second-order valence-electron chi connectivity index (χ2n) is 5.34. The van der Waals surface area contributed by atoms with Crippen molar-refractivity contribution in [3.63, 3.8) is 0 Å². The SMILES string of the molecule is Cc1cccc(C)c1NC(=O)CN(C)C(=O)c1ccnc(Cl)c1. The fourth-order valence-electron chi connectivity index (χ4n) is 2.23. The minimum absolute atomic E-state index is 0.0491. The van der Waals surface area contributed by atoms with Crippen LogP contribution in [0.5, 0.6) is 0 Å². The largest absolute Gasteiger partial charge is 0.332 e. The number of benzene rings is 1. The lowest BCUT2D eigenvalue weighted by Crippen LogP contribution is -2.35. The van der Waals surface area contributed by atoms with Gasteiger partial charge in [0.1, 0.15) is 5.15 Å². The average molecular weight is 332 g/mol. The van der Waals surface area contributed by atoms with Gasteiger partial charge in [-0.2, -0.15) is 0 Å². The minimum Gasteiger partial charge on any atom is -0.332 e. The molecule has 5 nitrogen and oxygen atoms in total. The Morgan fingerprint density at radius 3 is 2.48 bits per heavy atom. The van der Waals surface area contributed by atoms with Gasteiger partial charge < -0.3 is 10.2 Å². The Balaban J connectivity index is 2.04. The van der Waals surface area contributed by atoms with E-state index in [4.69, 9.17) is 11.6 Å². The van der Waals surface area contributed by atoms with Crippen LogP contribution in [0.25, 0.3) is 0 Å². The van der Waals surface area contributed by atoms with Gasteiger partial charge in [0.25, 0.3) is 5.91 Å². The fourth-order valence-corrected chi connectivity index (χ4v) is 2.41. The van der Waals surface area contributed by atoms with Crippen molar-refractivity contribution in [3.8, 4) is 0 Å². The molecular weight excluding hydrogens is 314 g/mol. The summed E-state index contributed by atoms with van der Waals surface area (Å²) in [5.41, 5.74) is 3.14. The number of halogens is 1. The van der Waals surface area contributed by atoms with E-state index in [1.54, 1.807) is 13.1 Å². The third-order valence-electron chi connectivity index (χ3n) is 3.45. The first-order valence-corrected chi connectivity index (χ1v) is 7.49. The van der Waals surface area contributed by atoms with E-state index in [-0.39, 0.29) is 23.5 Å². The molecule has 0 unspecified atom stereocenters. The predicted molar refractivity (Wildman–Crippen MR) is 90.8 cm³/mol. The van der Waals surface area contributed by atoms with Crippen molar-refractivity contribution in [3.05, 3.63) is 58.4 Å². The van der Waals surface area contributed by atoms with Crippen molar-refractivity contribution in [1.29, 1.82) is 0 Å². The lowest BCUT2D eigenvalue weighted by Gasteiger charge is -2.18. The number of amides is 2. The van der Waals surface area contributed by atoms with E-state index in [2.05, 4.69) is 10.3 Å². The molecule has 1 N–H and O–H groups in total. The van der Waals surface area contributed by atoms with Crippen molar-refractivity contribution in [1.82, 2.24) is 9.88 Å². The molecule has 0 aliphatic carbocycles. The standard InChI is InChI=1S/C17H18ClN3O2/c1-11-5-4-6-12(2)16(11)20-15(22)10-21(3)17(23)13-7-8-19-14(18)9-13/h4-9H,10H2,1-3H3,(H,20,22). The number of aromatic nitrogens is 1. The summed E-state index contributed by atoms with van der Waals surface area (Å²) in [5, 5.41) is 3.10. The minimum atomic E-state index is -0.286. The molecule has 0 fully saturated rings. The molecule has 0 saturated heterocycles. The summed E-state index contributed by atoms with van der Waals surface area (Å²) < 4.78 is 0. The number of pyridine rings is 1. The van der Waals surface area contributed by atoms with Gasteiger partial charge in [-0.05, 0) is 37.1 Å². The number of nitrogens with zero attached hydrogens (tertiary/aromatic N) is 2. The summed E-state index contributed by atoms with van der Waals surface area (Å²) in [6, 6.07) is 8.83. The van der Waals surface area contributed by atoms with Gasteiger partial charge in [-0.15, -0.1) is 0 Å². The average Bonchev–Trinajstić information content (AvgIpc) is 2.50. The molecule has 23 heavy (non-hydrogen) atoms. The van der Waals surface area contributed by atoms with Crippen LogP contribution in [-0.2, 0) is 4.79 Å². The summed E-state index contributed by atoms with van der Waals surface area (Å²) in [7, 11) is 1.57. The Hall–Kier alpha value is -2.40. The number of para-hydroxylation sites is 1. The molecule has 1 heterocycles. The van der Waals surface area contributed by atoms with Crippen LogP contribution in [-0.4, -0.2) is 35.3 Å². The molecule has 1 aromatic heterocycles. The van der Waals surface area contributed by atoms with E-state index in [1.165, 1.54) is 17.2 Å². The maximum Gasteiger partial charge on any atom is 0.254 e. The number of rotatable bonds is 4. The predicted octanol–water partition coefficient (Wildman–Crippen LogP) is 3.06. The van der Waals surface area contributed by atoms with E-state index < -0.39 is 0 Å². The Labute approximate surface area is 140 Å². The summed E-state index contributed by atoms with van der Waals surface area (Å²) in [5.74, 6) is -0.538. The summed E-state index contributed by atoms with van der Waals surface area (Å²) in [4.78, 5) is 29.6. The van der Waals surface area contributed by atoms with Crippen molar-refractivity contribution < 1.29 is 9.59 Å². The van der Waals surface area contributed by atoms with Crippen LogP contribution in [0.3, 0.4) is 0 Å². The Bertz CT molecular complexity index is 726. The highest BCUT2D eigenvalue weighted by Crippen LogP contribution is 2.19. The first-order valence-electron chi connectivity index (χ1n) is 7.11. The number of carbonyl (C=O) groups excluding carboxylic acids is 2. The zero-order valence-electron chi connectivity index (χ0n) is 13.3. The molecule has 120 valence electrons. The van der Waals surface area contributed by atoms with Crippen molar-refractivity contribution in [2.24, 2.45) is 0 Å². The van der Waals surface area contributed by atoms with Crippen molar-refractivity contribution in [2.45, 2.75) is 13.8 Å². The molecule has 2 aromatic rings. The zero-order valence-corrected chi connectivity index (χ0v) is 14.0. The Morgan fingerprint density at radius 1 is 1.22 bits per heavy atom. The number of likely N-dealkylation sites (N-methyl/N-ethyl adjacent to an activating group) is 1. The number of hydrogen-bond acceptors (Lipinski definition) is 3. The third-order valence-corrected chi connectivity index (χ3v) is 3.65. The van der Waals surface area contributed by atoms with Crippen LogP contribution in [0.1, 0.15) is 21.5 Å². The van der Waals surface area contributed by atoms with Crippen LogP contribution < -0.4 is 5.32 Å². The van der Waals surface area contributed by atoms with Crippen LogP contribution in [0.4, 0.5) is 5.69 Å². The van der Waals surface area contributed by atoms with Crippen LogP contribution in [0.2, 0.25) is 5.15 Å². The monoisotopic (exact) mass is 331 g/mol. The van der Waals surface area contributed by atoms with Gasteiger partial charge in [0, 0.05) is 24.5 Å². The topological polar surface area (TPSA) is 62.3 Å². The Morgan fingerprint density at radius 2 is 1.87 bits per heavy atom. The second kappa shape index (κ2) is 7.24. The first-order chi connectivity index (χ1) is 10.9. The van der Waals surface area contributed by atoms with Crippen LogP contribution >= 0.6 is 11.6 Å². The first kappa shape index (κ1) is 17.0. The third kappa shape index (κ3) is 4.29. The molecular formula is C17H18ClN3O2. The molecule has 0 bridgehead atoms. The highest BCUT2D eigenvalue weighted by Gasteiger charge is 2.16. The number of nitrogens with one attached hydrogen (secondary N) is 1. The number of aryl methyl sites for hydroxylation is 2. The van der Waals surface area contributed by atoms with Gasteiger partial charge in [-0.1, -0.05) is 29.8 Å². The van der Waals surface area contributed by atoms with Gasteiger partial charge in [-0.3, -0.25) is 9.59 Å². The van der Waals surface area contributed by atoms with Crippen LogP contribution in [0, 0.1) is 13.8 Å². The van der Waals surface area contributed by atoms with Gasteiger partial charge in [0.05, 0.1) is 6.54 Å². The molecule has 0 spiro atoms. The quantitative estimate of drug-likeness (QED) is 0.876. The molecule has 6 heteroatoms. The molecule has 1 aromatic carbocycles. The van der Waals surface area contributed by atoms with E-state index in [1.807, 2.05) is 32.0 Å². The molecule has 0 aliphatic heterocycles. The number of hydrogen-bond donors (Lipinski definition) is 1. The lowest BCUT2D eigenvalue weighted by molar-refractivity contribution is -0.116. The second-order valence-corrected chi connectivity index (χ2v) is 5.73. The van der Waals surface area contributed by atoms with E-state index in [9.17, 15) is 9.59 Å². The molecule has 0 saturated carbocycles. The molecule has 0 aliphatic rings. The van der Waals surface area contributed by atoms with Gasteiger partial charge >= 0.3 is 0 Å². The summed E-state index contributed by atoms with van der Waals surface area (Å²) in [6.45, 7) is 3.81. The normalized spacial score (nSPS) is 10.3. The molecule has 0 radical (unpaired) electrons.